The second kappa shape index (κ2) is 7.10. The Labute approximate surface area is 160 Å². The maximum Gasteiger partial charge on any atom is 0.237 e. The van der Waals surface area contributed by atoms with Gasteiger partial charge in [-0.1, -0.05) is 40.2 Å². The maximum atomic E-state index is 13.1. The molecule has 0 aromatic heterocycles. The molecule has 0 spiro atoms. The van der Waals surface area contributed by atoms with Crippen LogP contribution in [0.25, 0.3) is 0 Å². The minimum atomic E-state index is -0.255. The molecule has 26 heavy (non-hydrogen) atoms. The smallest absolute Gasteiger partial charge is 0.237 e. The molecule has 2 aromatic carbocycles. The zero-order valence-electron chi connectivity index (χ0n) is 14.2. The van der Waals surface area contributed by atoms with Gasteiger partial charge in [0.25, 0.3) is 0 Å². The number of carbonyl (C=O) groups is 1. The third-order valence-corrected chi connectivity index (χ3v) is 5.93. The highest BCUT2D eigenvalue weighted by atomic mass is 79.9. The Bertz CT molecular complexity index is 796. The number of nitrogens with zero attached hydrogens (tertiary/aromatic N) is 2. The van der Waals surface area contributed by atoms with Crippen molar-refractivity contribution in [2.24, 2.45) is 0 Å². The molecular formula is C20H20BrFN2O2. The Morgan fingerprint density at radius 2 is 1.81 bits per heavy atom. The second-order valence-corrected chi connectivity index (χ2v) is 7.91. The summed E-state index contributed by atoms with van der Waals surface area (Å²) in [6.45, 7) is 1.67. The van der Waals surface area contributed by atoms with Crippen LogP contribution in [0, 0.1) is 5.82 Å². The van der Waals surface area contributed by atoms with Crippen LogP contribution < -0.4 is 0 Å². The van der Waals surface area contributed by atoms with Crippen LogP contribution in [0.2, 0.25) is 0 Å². The zero-order chi connectivity index (χ0) is 18.3. The summed E-state index contributed by atoms with van der Waals surface area (Å²) in [7, 11) is 0. The molecule has 4 nitrogen and oxygen atoms in total. The molecule has 1 amide bonds. The molecule has 2 fully saturated rings. The lowest BCUT2D eigenvalue weighted by Crippen LogP contribution is -2.72. The van der Waals surface area contributed by atoms with Crippen LogP contribution in [0.3, 0.4) is 0 Å². The average Bonchev–Trinajstić information content (AvgIpc) is 2.61. The van der Waals surface area contributed by atoms with E-state index in [0.29, 0.717) is 13.1 Å². The van der Waals surface area contributed by atoms with Crippen molar-refractivity contribution in [3.8, 4) is 0 Å². The van der Waals surface area contributed by atoms with Crippen molar-refractivity contribution >= 4 is 21.8 Å². The zero-order valence-corrected chi connectivity index (χ0v) is 15.8. The van der Waals surface area contributed by atoms with Gasteiger partial charge in [-0.25, -0.2) is 4.39 Å². The van der Waals surface area contributed by atoms with Crippen LogP contribution in [0.4, 0.5) is 4.39 Å². The number of piperazine rings is 1. The Hall–Kier alpha value is -1.76. The van der Waals surface area contributed by atoms with Gasteiger partial charge in [-0.15, -0.1) is 0 Å². The van der Waals surface area contributed by atoms with Crippen LogP contribution in [0.1, 0.15) is 17.0 Å². The lowest BCUT2D eigenvalue weighted by molar-refractivity contribution is -0.162. The van der Waals surface area contributed by atoms with Crippen LogP contribution in [0.15, 0.2) is 53.0 Å². The number of halogens is 2. The van der Waals surface area contributed by atoms with Crippen LogP contribution in [0.5, 0.6) is 0 Å². The first-order chi connectivity index (χ1) is 12.6. The largest absolute Gasteiger partial charge is 0.394 e. The van der Waals surface area contributed by atoms with Gasteiger partial charge in [0.15, 0.2) is 0 Å². The summed E-state index contributed by atoms with van der Waals surface area (Å²) in [5.74, 6) is -0.0708. The number of aliphatic hydroxyl groups excluding tert-OH is 1. The molecule has 0 aliphatic carbocycles. The van der Waals surface area contributed by atoms with Crippen LogP contribution in [-0.4, -0.2) is 52.6 Å². The molecular weight excluding hydrogens is 399 g/mol. The molecule has 3 atom stereocenters. The molecule has 0 unspecified atom stereocenters. The normalized spacial score (nSPS) is 25.7. The molecule has 6 heteroatoms. The van der Waals surface area contributed by atoms with Gasteiger partial charge >= 0.3 is 0 Å². The van der Waals surface area contributed by atoms with E-state index in [1.165, 1.54) is 12.1 Å². The average molecular weight is 419 g/mol. The third kappa shape index (κ3) is 3.17. The third-order valence-electron chi connectivity index (χ3n) is 5.40. The number of rotatable bonds is 4. The van der Waals surface area contributed by atoms with Gasteiger partial charge in [0.05, 0.1) is 25.2 Å². The fourth-order valence-corrected chi connectivity index (χ4v) is 4.48. The van der Waals surface area contributed by atoms with Crippen molar-refractivity contribution in [1.29, 1.82) is 0 Å². The molecule has 0 radical (unpaired) electrons. The predicted octanol–water partition coefficient (Wildman–Crippen LogP) is 2.76. The molecule has 2 heterocycles. The van der Waals surface area contributed by atoms with E-state index >= 15 is 0 Å². The molecule has 136 valence electrons. The lowest BCUT2D eigenvalue weighted by Gasteiger charge is -2.59. The van der Waals surface area contributed by atoms with E-state index in [1.807, 2.05) is 17.0 Å². The van der Waals surface area contributed by atoms with Gasteiger partial charge in [-0.3, -0.25) is 9.69 Å². The molecule has 0 bridgehead atoms. The first-order valence-corrected chi connectivity index (χ1v) is 9.50. The number of hydrogen-bond acceptors (Lipinski definition) is 3. The first-order valence-electron chi connectivity index (χ1n) is 8.71. The van der Waals surface area contributed by atoms with Crippen molar-refractivity contribution in [3.63, 3.8) is 0 Å². The van der Waals surface area contributed by atoms with E-state index in [9.17, 15) is 14.3 Å². The summed E-state index contributed by atoms with van der Waals surface area (Å²) < 4.78 is 14.1. The van der Waals surface area contributed by atoms with Gasteiger partial charge in [0.2, 0.25) is 5.91 Å². The maximum absolute atomic E-state index is 13.1. The van der Waals surface area contributed by atoms with Gasteiger partial charge < -0.3 is 10.0 Å². The fourth-order valence-electron chi connectivity index (χ4n) is 4.22. The molecule has 2 aliphatic rings. The summed E-state index contributed by atoms with van der Waals surface area (Å²) in [6, 6.07) is 14.4. The molecule has 1 N–H and O–H groups in total. The van der Waals surface area contributed by atoms with Gasteiger partial charge in [0, 0.05) is 23.5 Å². The Morgan fingerprint density at radius 1 is 1.12 bits per heavy atom. The Kier molecular flexibility index (Phi) is 4.82. The number of benzene rings is 2. The highest BCUT2D eigenvalue weighted by molar-refractivity contribution is 9.10. The van der Waals surface area contributed by atoms with Crippen molar-refractivity contribution in [2.45, 2.75) is 24.5 Å². The minimum Gasteiger partial charge on any atom is -0.394 e. The Balaban J connectivity index is 1.53. The summed E-state index contributed by atoms with van der Waals surface area (Å²) in [5.41, 5.74) is 2.14. The highest BCUT2D eigenvalue weighted by Crippen LogP contribution is 2.43. The summed E-state index contributed by atoms with van der Waals surface area (Å²) >= 11 is 3.45. The minimum absolute atomic E-state index is 0.0269. The topological polar surface area (TPSA) is 43.8 Å². The summed E-state index contributed by atoms with van der Waals surface area (Å²) in [5, 5.41) is 9.80. The number of carbonyl (C=O) groups excluding carboxylic acids is 1. The van der Waals surface area contributed by atoms with E-state index in [1.54, 1.807) is 12.1 Å². The van der Waals surface area contributed by atoms with Crippen LogP contribution in [-0.2, 0) is 11.3 Å². The number of fused-ring (bicyclic) bond motifs is 1. The number of amides is 1. The van der Waals surface area contributed by atoms with Crippen LogP contribution >= 0.6 is 15.9 Å². The van der Waals surface area contributed by atoms with E-state index in [-0.39, 0.29) is 36.3 Å². The predicted molar refractivity (Wildman–Crippen MR) is 100 cm³/mol. The van der Waals surface area contributed by atoms with Crippen molar-refractivity contribution in [2.75, 3.05) is 19.7 Å². The molecule has 2 saturated heterocycles. The van der Waals surface area contributed by atoms with Gasteiger partial charge in [-0.05, 0) is 35.4 Å². The fraction of sp³-hybridized carbons (Fsp3) is 0.350. The molecule has 4 rings (SSSR count). The summed E-state index contributed by atoms with van der Waals surface area (Å²) in [6.07, 6.45) is 0. The van der Waals surface area contributed by atoms with Crippen molar-refractivity contribution in [3.05, 3.63) is 69.9 Å². The van der Waals surface area contributed by atoms with E-state index < -0.39 is 0 Å². The Morgan fingerprint density at radius 3 is 2.46 bits per heavy atom. The lowest BCUT2D eigenvalue weighted by atomic mass is 9.74. The van der Waals surface area contributed by atoms with Gasteiger partial charge in [-0.2, -0.15) is 0 Å². The monoisotopic (exact) mass is 418 g/mol. The standard InChI is InChI=1S/C20H20BrFN2O2/c21-15-5-3-14(4-6-15)20-17-10-23(9-13-1-7-16(22)8-2-13)11-19(26)24(17)18(20)12-25/h1-8,17-18,20,25H,9-12H2/t17-,18-,20+/m0/s1. The van der Waals surface area contributed by atoms with E-state index in [2.05, 4.69) is 33.0 Å². The van der Waals surface area contributed by atoms with E-state index in [4.69, 9.17) is 0 Å². The molecule has 0 saturated carbocycles. The first kappa shape index (κ1) is 17.6. The summed E-state index contributed by atoms with van der Waals surface area (Å²) in [4.78, 5) is 16.6. The second-order valence-electron chi connectivity index (χ2n) is 6.99. The van der Waals surface area contributed by atoms with E-state index in [0.717, 1.165) is 22.1 Å². The number of hydrogen-bond donors (Lipinski definition) is 1. The molecule has 2 aliphatic heterocycles. The van der Waals surface area contributed by atoms with Gasteiger partial charge in [0.1, 0.15) is 5.82 Å². The van der Waals surface area contributed by atoms with Crippen molar-refractivity contribution < 1.29 is 14.3 Å². The quantitative estimate of drug-likeness (QED) is 0.829. The number of aliphatic hydroxyl groups is 1. The van der Waals surface area contributed by atoms with Crippen molar-refractivity contribution in [1.82, 2.24) is 9.80 Å². The molecule has 2 aromatic rings. The SMILES string of the molecule is O=C1CN(Cc2ccc(F)cc2)C[C@H]2[C@@H](c3ccc(Br)cc3)[C@H](CO)N12. The highest BCUT2D eigenvalue weighted by Gasteiger charge is 2.53.